The minimum absolute atomic E-state index is 0.130. The summed E-state index contributed by atoms with van der Waals surface area (Å²) in [5.74, 6) is 0.320. The van der Waals surface area contributed by atoms with E-state index in [-0.39, 0.29) is 6.04 Å². The highest BCUT2D eigenvalue weighted by molar-refractivity contribution is 9.10. The Morgan fingerprint density at radius 3 is 2.53 bits per heavy atom. The first-order valence-electron chi connectivity index (χ1n) is 5.39. The van der Waals surface area contributed by atoms with Gasteiger partial charge in [-0.2, -0.15) is 4.31 Å². The van der Waals surface area contributed by atoms with Gasteiger partial charge in [0.15, 0.2) is 0 Å². The zero-order valence-electron chi connectivity index (χ0n) is 9.14. The number of alkyl halides is 1. The number of sulfonamides is 1. The van der Waals surface area contributed by atoms with Crippen molar-refractivity contribution in [3.63, 3.8) is 0 Å². The first kappa shape index (κ1) is 13.3. The van der Waals surface area contributed by atoms with Crippen LogP contribution in [0.1, 0.15) is 12.8 Å². The largest absolute Gasteiger partial charge is 0.244 e. The molecule has 17 heavy (non-hydrogen) atoms. The summed E-state index contributed by atoms with van der Waals surface area (Å²) in [6, 6.07) is 7.00. The van der Waals surface area contributed by atoms with Crippen LogP contribution in [0.5, 0.6) is 0 Å². The molecule has 1 aromatic rings. The predicted molar refractivity (Wildman–Crippen MR) is 71.8 cm³/mol. The average molecular weight is 339 g/mol. The van der Waals surface area contributed by atoms with E-state index >= 15 is 0 Å². The van der Waals surface area contributed by atoms with Crippen molar-refractivity contribution in [2.45, 2.75) is 23.8 Å². The fourth-order valence-electron chi connectivity index (χ4n) is 1.73. The third-order valence-electron chi connectivity index (χ3n) is 2.68. The Labute approximate surface area is 115 Å². The molecule has 6 heteroatoms. The monoisotopic (exact) mass is 337 g/mol. The lowest BCUT2D eigenvalue weighted by molar-refractivity contribution is 0.422. The molecule has 0 N–H and O–H groups in total. The second-order valence-electron chi connectivity index (χ2n) is 3.97. The van der Waals surface area contributed by atoms with Gasteiger partial charge in [0.25, 0.3) is 0 Å². The van der Waals surface area contributed by atoms with E-state index in [9.17, 15) is 8.42 Å². The van der Waals surface area contributed by atoms with Crippen molar-refractivity contribution >= 4 is 37.6 Å². The number of hydrogen-bond donors (Lipinski definition) is 0. The lowest BCUT2D eigenvalue weighted by Crippen LogP contribution is -2.34. The molecule has 0 heterocycles. The maximum atomic E-state index is 12.5. The Kier molecular flexibility index (Phi) is 4.13. The zero-order chi connectivity index (χ0) is 12.5. The number of hydrogen-bond acceptors (Lipinski definition) is 2. The van der Waals surface area contributed by atoms with Crippen LogP contribution in [0.2, 0.25) is 0 Å². The molecule has 0 atom stereocenters. The van der Waals surface area contributed by atoms with E-state index in [0.717, 1.165) is 12.8 Å². The zero-order valence-corrected chi connectivity index (χ0v) is 12.3. The van der Waals surface area contributed by atoms with E-state index in [1.807, 2.05) is 0 Å². The Morgan fingerprint density at radius 1 is 1.35 bits per heavy atom. The molecule has 0 aliphatic heterocycles. The minimum atomic E-state index is -3.43. The van der Waals surface area contributed by atoms with Gasteiger partial charge in [0.2, 0.25) is 10.0 Å². The van der Waals surface area contributed by atoms with Gasteiger partial charge in [-0.15, -0.1) is 11.6 Å². The molecule has 0 radical (unpaired) electrons. The van der Waals surface area contributed by atoms with E-state index in [1.54, 1.807) is 24.3 Å². The Bertz CT molecular complexity index is 502. The van der Waals surface area contributed by atoms with Gasteiger partial charge in [-0.1, -0.05) is 12.1 Å². The molecular weight excluding hydrogens is 326 g/mol. The Balaban J connectivity index is 2.37. The lowest BCUT2D eigenvalue weighted by atomic mass is 10.4. The summed E-state index contributed by atoms with van der Waals surface area (Å²) in [6.45, 7) is 0.371. The minimum Gasteiger partial charge on any atom is -0.207 e. The second kappa shape index (κ2) is 5.26. The van der Waals surface area contributed by atoms with E-state index in [0.29, 0.717) is 21.8 Å². The number of nitrogens with zero attached hydrogens (tertiary/aromatic N) is 1. The topological polar surface area (TPSA) is 37.4 Å². The first-order chi connectivity index (χ1) is 8.07. The molecule has 1 fully saturated rings. The van der Waals surface area contributed by atoms with Crippen molar-refractivity contribution in [2.24, 2.45) is 0 Å². The number of halogens is 2. The van der Waals surface area contributed by atoms with Gasteiger partial charge in [0, 0.05) is 22.9 Å². The van der Waals surface area contributed by atoms with Gasteiger partial charge in [0.1, 0.15) is 0 Å². The van der Waals surface area contributed by atoms with Crippen molar-refractivity contribution in [3.05, 3.63) is 28.7 Å². The molecule has 1 aliphatic rings. The normalized spacial score (nSPS) is 16.4. The van der Waals surface area contributed by atoms with Crippen LogP contribution in [0.4, 0.5) is 0 Å². The van der Waals surface area contributed by atoms with Crippen molar-refractivity contribution in [1.82, 2.24) is 4.31 Å². The molecular formula is C11H13BrClNO2S. The quantitative estimate of drug-likeness (QED) is 0.774. The molecule has 0 amide bonds. The standard InChI is InChI=1S/C11H13BrClNO2S/c12-10-3-1-2-4-11(10)17(15,16)14(8-7-13)9-5-6-9/h1-4,9H,5-8H2. The molecule has 94 valence electrons. The van der Waals surface area contributed by atoms with Crippen LogP contribution in [0, 0.1) is 0 Å². The van der Waals surface area contributed by atoms with Crippen molar-refractivity contribution < 1.29 is 8.42 Å². The highest BCUT2D eigenvalue weighted by Gasteiger charge is 2.38. The van der Waals surface area contributed by atoms with E-state index in [1.165, 1.54) is 4.31 Å². The summed E-state index contributed by atoms with van der Waals surface area (Å²) in [6.07, 6.45) is 1.86. The molecule has 0 aromatic heterocycles. The molecule has 2 rings (SSSR count). The SMILES string of the molecule is O=S(=O)(c1ccccc1Br)N(CCCl)C1CC1. The van der Waals surface area contributed by atoms with Gasteiger partial charge in [-0.25, -0.2) is 8.42 Å². The van der Waals surface area contributed by atoms with Crippen LogP contribution >= 0.6 is 27.5 Å². The molecule has 1 aliphatic carbocycles. The van der Waals surface area contributed by atoms with Gasteiger partial charge in [-0.05, 0) is 40.9 Å². The average Bonchev–Trinajstić information content (AvgIpc) is 3.10. The maximum absolute atomic E-state index is 12.5. The second-order valence-corrected chi connectivity index (χ2v) is 7.06. The summed E-state index contributed by atoms with van der Waals surface area (Å²) in [4.78, 5) is 0.317. The molecule has 0 saturated heterocycles. The summed E-state index contributed by atoms with van der Waals surface area (Å²) in [5.41, 5.74) is 0. The molecule has 1 saturated carbocycles. The molecule has 1 aromatic carbocycles. The van der Waals surface area contributed by atoms with Crippen LogP contribution in [0.15, 0.2) is 33.6 Å². The number of benzene rings is 1. The molecule has 0 bridgehead atoms. The predicted octanol–water partition coefficient (Wildman–Crippen LogP) is 2.84. The first-order valence-corrected chi connectivity index (χ1v) is 8.16. The smallest absolute Gasteiger partial charge is 0.207 e. The maximum Gasteiger partial charge on any atom is 0.244 e. The fraction of sp³-hybridized carbons (Fsp3) is 0.455. The summed E-state index contributed by atoms with van der Waals surface area (Å²) >= 11 is 8.97. The lowest BCUT2D eigenvalue weighted by Gasteiger charge is -2.21. The third kappa shape index (κ3) is 2.84. The van der Waals surface area contributed by atoms with Crippen molar-refractivity contribution in [3.8, 4) is 0 Å². The van der Waals surface area contributed by atoms with Crippen LogP contribution in [-0.4, -0.2) is 31.2 Å². The van der Waals surface area contributed by atoms with Crippen LogP contribution in [0.3, 0.4) is 0 Å². The van der Waals surface area contributed by atoms with Gasteiger partial charge >= 0.3 is 0 Å². The van der Waals surface area contributed by atoms with Crippen LogP contribution in [0.25, 0.3) is 0 Å². The Hall–Kier alpha value is -0.100. The third-order valence-corrected chi connectivity index (χ3v) is 5.82. The molecule has 0 unspecified atom stereocenters. The van der Waals surface area contributed by atoms with Gasteiger partial charge in [0.05, 0.1) is 4.90 Å². The Morgan fingerprint density at radius 2 is 2.00 bits per heavy atom. The van der Waals surface area contributed by atoms with E-state index < -0.39 is 10.0 Å². The van der Waals surface area contributed by atoms with Crippen molar-refractivity contribution in [1.29, 1.82) is 0 Å². The highest BCUT2D eigenvalue weighted by atomic mass is 79.9. The van der Waals surface area contributed by atoms with Crippen LogP contribution < -0.4 is 0 Å². The van der Waals surface area contributed by atoms with Crippen molar-refractivity contribution in [2.75, 3.05) is 12.4 Å². The van der Waals surface area contributed by atoms with E-state index in [4.69, 9.17) is 11.6 Å². The summed E-state index contributed by atoms with van der Waals surface area (Å²) < 4.78 is 27.0. The van der Waals surface area contributed by atoms with Gasteiger partial charge < -0.3 is 0 Å². The van der Waals surface area contributed by atoms with E-state index in [2.05, 4.69) is 15.9 Å². The molecule has 3 nitrogen and oxygen atoms in total. The van der Waals surface area contributed by atoms with Crippen LogP contribution in [-0.2, 0) is 10.0 Å². The summed E-state index contributed by atoms with van der Waals surface area (Å²) in [5, 5.41) is 0. The summed E-state index contributed by atoms with van der Waals surface area (Å²) in [7, 11) is -3.43. The molecule has 0 spiro atoms. The number of rotatable bonds is 5. The fourth-order valence-corrected chi connectivity index (χ4v) is 4.66. The highest BCUT2D eigenvalue weighted by Crippen LogP contribution is 2.33. The van der Waals surface area contributed by atoms with Gasteiger partial charge in [-0.3, -0.25) is 0 Å².